The number of rotatable bonds is 5. The molecule has 0 bridgehead atoms. The van der Waals surface area contributed by atoms with E-state index in [0.717, 1.165) is 5.69 Å². The van der Waals surface area contributed by atoms with Crippen molar-refractivity contribution in [1.82, 2.24) is 24.9 Å². The number of nitrogens with one attached hydrogen (secondary N) is 1. The van der Waals surface area contributed by atoms with E-state index in [1.165, 1.54) is 4.52 Å². The van der Waals surface area contributed by atoms with Crippen LogP contribution in [0.5, 0.6) is 0 Å². The van der Waals surface area contributed by atoms with E-state index < -0.39 is 12.0 Å². The lowest BCUT2D eigenvalue weighted by Crippen LogP contribution is -2.33. The number of carbonyl (C=O) groups excluding carboxylic acids is 1. The number of aromatic nitrogens is 4. The van der Waals surface area contributed by atoms with E-state index in [0.29, 0.717) is 18.1 Å². The summed E-state index contributed by atoms with van der Waals surface area (Å²) >= 11 is 0. The second-order valence-corrected chi connectivity index (χ2v) is 5.23. The highest BCUT2D eigenvalue weighted by Crippen LogP contribution is 2.04. The summed E-state index contributed by atoms with van der Waals surface area (Å²) in [6, 6.07) is 1.79. The molecule has 0 saturated carbocycles. The van der Waals surface area contributed by atoms with Crippen molar-refractivity contribution < 1.29 is 9.90 Å². The molecule has 2 aromatic rings. The SMILES string of the molecule is Cc1ccnc2nc(C(=O)NCC(O)CC(C)C)nn12. The summed E-state index contributed by atoms with van der Waals surface area (Å²) in [6.45, 7) is 6.09. The first-order chi connectivity index (χ1) is 9.47. The van der Waals surface area contributed by atoms with Gasteiger partial charge in [0.15, 0.2) is 0 Å². The van der Waals surface area contributed by atoms with E-state index in [1.807, 2.05) is 20.8 Å². The van der Waals surface area contributed by atoms with Gasteiger partial charge in [-0.1, -0.05) is 13.8 Å². The maximum absolute atomic E-state index is 11.9. The van der Waals surface area contributed by atoms with Crippen LogP contribution in [-0.4, -0.2) is 43.2 Å². The molecule has 0 spiro atoms. The molecule has 7 nitrogen and oxygen atoms in total. The lowest BCUT2D eigenvalue weighted by atomic mass is 10.1. The average molecular weight is 277 g/mol. The van der Waals surface area contributed by atoms with E-state index in [1.54, 1.807) is 12.3 Å². The number of fused-ring (bicyclic) bond motifs is 1. The van der Waals surface area contributed by atoms with Crippen LogP contribution in [-0.2, 0) is 0 Å². The van der Waals surface area contributed by atoms with Crippen molar-refractivity contribution in [2.45, 2.75) is 33.3 Å². The standard InChI is InChI=1S/C13H19N5O2/c1-8(2)6-10(19)7-15-12(20)11-16-13-14-5-4-9(3)18(13)17-11/h4-5,8,10,19H,6-7H2,1-3H3,(H,15,20). The Kier molecular flexibility index (Phi) is 4.29. The van der Waals surface area contributed by atoms with Crippen LogP contribution in [0.15, 0.2) is 12.3 Å². The molecular formula is C13H19N5O2. The van der Waals surface area contributed by atoms with Crippen molar-refractivity contribution in [3.05, 3.63) is 23.8 Å². The lowest BCUT2D eigenvalue weighted by molar-refractivity contribution is 0.0890. The fraction of sp³-hybridized carbons (Fsp3) is 0.538. The first-order valence-electron chi connectivity index (χ1n) is 6.62. The van der Waals surface area contributed by atoms with Gasteiger partial charge < -0.3 is 10.4 Å². The molecule has 1 atom stereocenters. The molecule has 2 rings (SSSR count). The zero-order valence-corrected chi connectivity index (χ0v) is 11.9. The number of amides is 1. The van der Waals surface area contributed by atoms with Gasteiger partial charge in [0, 0.05) is 18.4 Å². The minimum absolute atomic E-state index is 0.0588. The van der Waals surface area contributed by atoms with Gasteiger partial charge in [-0.05, 0) is 25.3 Å². The molecule has 0 aliphatic rings. The molecule has 2 N–H and O–H groups in total. The van der Waals surface area contributed by atoms with Gasteiger partial charge in [-0.2, -0.15) is 4.98 Å². The van der Waals surface area contributed by atoms with Gasteiger partial charge in [0.25, 0.3) is 11.7 Å². The van der Waals surface area contributed by atoms with Crippen LogP contribution in [0.3, 0.4) is 0 Å². The highest BCUT2D eigenvalue weighted by molar-refractivity contribution is 5.90. The number of carbonyl (C=O) groups is 1. The van der Waals surface area contributed by atoms with Crippen LogP contribution < -0.4 is 5.32 Å². The minimum atomic E-state index is -0.559. The summed E-state index contributed by atoms with van der Waals surface area (Å²) in [4.78, 5) is 20.0. The molecule has 2 aromatic heterocycles. The molecule has 0 aromatic carbocycles. The van der Waals surface area contributed by atoms with Gasteiger partial charge in [-0.15, -0.1) is 5.10 Å². The van der Waals surface area contributed by atoms with Crippen LogP contribution in [0.25, 0.3) is 5.78 Å². The monoisotopic (exact) mass is 277 g/mol. The Balaban J connectivity index is 2.03. The first-order valence-corrected chi connectivity index (χ1v) is 6.62. The van der Waals surface area contributed by atoms with E-state index in [4.69, 9.17) is 0 Å². The Bertz CT molecular complexity index is 608. The molecule has 2 heterocycles. The van der Waals surface area contributed by atoms with Crippen LogP contribution in [0.2, 0.25) is 0 Å². The van der Waals surface area contributed by atoms with Crippen molar-refractivity contribution in [2.24, 2.45) is 5.92 Å². The van der Waals surface area contributed by atoms with Gasteiger partial charge >= 0.3 is 0 Å². The van der Waals surface area contributed by atoms with Crippen molar-refractivity contribution >= 4 is 11.7 Å². The van der Waals surface area contributed by atoms with E-state index in [2.05, 4.69) is 20.4 Å². The van der Waals surface area contributed by atoms with Crippen molar-refractivity contribution in [1.29, 1.82) is 0 Å². The highest BCUT2D eigenvalue weighted by Gasteiger charge is 2.15. The van der Waals surface area contributed by atoms with Gasteiger partial charge in [-0.3, -0.25) is 4.79 Å². The maximum Gasteiger partial charge on any atom is 0.291 e. The zero-order valence-electron chi connectivity index (χ0n) is 11.9. The van der Waals surface area contributed by atoms with E-state index >= 15 is 0 Å². The quantitative estimate of drug-likeness (QED) is 0.833. The van der Waals surface area contributed by atoms with Crippen LogP contribution in [0.4, 0.5) is 0 Å². The summed E-state index contributed by atoms with van der Waals surface area (Å²) in [7, 11) is 0. The Morgan fingerprint density at radius 1 is 1.50 bits per heavy atom. The summed E-state index contributed by atoms with van der Waals surface area (Å²) in [5.74, 6) is 0.418. The minimum Gasteiger partial charge on any atom is -0.391 e. The van der Waals surface area contributed by atoms with Gasteiger partial charge in [-0.25, -0.2) is 9.50 Å². The fourth-order valence-electron chi connectivity index (χ4n) is 1.92. The third-order valence-corrected chi connectivity index (χ3v) is 2.87. The number of nitrogens with zero attached hydrogens (tertiary/aromatic N) is 4. The third-order valence-electron chi connectivity index (χ3n) is 2.87. The Hall–Kier alpha value is -2.02. The van der Waals surface area contributed by atoms with Crippen molar-refractivity contribution in [3.8, 4) is 0 Å². The van der Waals surface area contributed by atoms with Crippen LogP contribution >= 0.6 is 0 Å². The Morgan fingerprint density at radius 3 is 2.90 bits per heavy atom. The average Bonchev–Trinajstić information content (AvgIpc) is 2.80. The number of hydrogen-bond acceptors (Lipinski definition) is 5. The van der Waals surface area contributed by atoms with E-state index in [9.17, 15) is 9.90 Å². The van der Waals surface area contributed by atoms with Crippen LogP contribution in [0.1, 0.15) is 36.6 Å². The Labute approximate surface area is 117 Å². The molecule has 1 amide bonds. The number of aryl methyl sites for hydroxylation is 1. The highest BCUT2D eigenvalue weighted by atomic mass is 16.3. The summed E-state index contributed by atoms with van der Waals surface area (Å²) in [5.41, 5.74) is 0.849. The second kappa shape index (κ2) is 5.96. The zero-order chi connectivity index (χ0) is 14.7. The second-order valence-electron chi connectivity index (χ2n) is 5.23. The smallest absolute Gasteiger partial charge is 0.291 e. The van der Waals surface area contributed by atoms with Gasteiger partial charge in [0.2, 0.25) is 5.82 Å². The Morgan fingerprint density at radius 2 is 2.25 bits per heavy atom. The topological polar surface area (TPSA) is 92.4 Å². The molecule has 0 saturated heterocycles. The molecule has 7 heteroatoms. The van der Waals surface area contributed by atoms with Crippen molar-refractivity contribution in [2.75, 3.05) is 6.54 Å². The largest absolute Gasteiger partial charge is 0.391 e. The number of aliphatic hydroxyl groups excluding tert-OH is 1. The number of hydrogen-bond donors (Lipinski definition) is 2. The van der Waals surface area contributed by atoms with Crippen molar-refractivity contribution in [3.63, 3.8) is 0 Å². The van der Waals surface area contributed by atoms with Crippen LogP contribution in [0, 0.1) is 12.8 Å². The van der Waals surface area contributed by atoms with Gasteiger partial charge in [0.1, 0.15) is 0 Å². The molecular weight excluding hydrogens is 258 g/mol. The third kappa shape index (κ3) is 3.30. The summed E-state index contributed by atoms with van der Waals surface area (Å²) in [6.07, 6.45) is 1.70. The molecule has 0 aliphatic heterocycles. The molecule has 1 unspecified atom stereocenters. The van der Waals surface area contributed by atoms with E-state index in [-0.39, 0.29) is 12.4 Å². The first kappa shape index (κ1) is 14.4. The molecule has 0 radical (unpaired) electrons. The normalized spacial score (nSPS) is 12.8. The summed E-state index contributed by atoms with van der Waals surface area (Å²) in [5, 5.41) is 16.5. The predicted molar refractivity (Wildman–Crippen MR) is 73.3 cm³/mol. The molecule has 20 heavy (non-hydrogen) atoms. The summed E-state index contributed by atoms with van der Waals surface area (Å²) < 4.78 is 1.51. The maximum atomic E-state index is 11.9. The molecule has 0 aliphatic carbocycles. The fourth-order valence-corrected chi connectivity index (χ4v) is 1.92. The molecule has 108 valence electrons. The number of aliphatic hydroxyl groups is 1. The lowest BCUT2D eigenvalue weighted by Gasteiger charge is -2.12. The molecule has 0 fully saturated rings. The predicted octanol–water partition coefficient (Wildman–Crippen LogP) is 0.570. The van der Waals surface area contributed by atoms with Gasteiger partial charge in [0.05, 0.1) is 6.10 Å².